The Balaban J connectivity index is 2.25. The van der Waals surface area contributed by atoms with E-state index in [2.05, 4.69) is 16.5 Å². The summed E-state index contributed by atoms with van der Waals surface area (Å²) >= 11 is 0. The van der Waals surface area contributed by atoms with Crippen LogP contribution in [0.4, 0.5) is 5.82 Å². The van der Waals surface area contributed by atoms with Gasteiger partial charge in [-0.3, -0.25) is 4.79 Å². The normalized spacial score (nSPS) is 10.5. The number of para-hydroxylation sites is 1. The minimum atomic E-state index is -0.118. The average Bonchev–Trinajstić information content (AvgIpc) is 2.96. The van der Waals surface area contributed by atoms with Crippen molar-refractivity contribution in [3.05, 3.63) is 42.1 Å². The third kappa shape index (κ3) is 3.51. The molecule has 0 aliphatic carbocycles. The molecule has 2 rings (SSSR count). The van der Waals surface area contributed by atoms with Gasteiger partial charge < -0.3 is 10.2 Å². The molecule has 0 radical (unpaired) electrons. The van der Waals surface area contributed by atoms with Crippen LogP contribution in [0.5, 0.6) is 0 Å². The first kappa shape index (κ1) is 15.7. The van der Waals surface area contributed by atoms with Crippen molar-refractivity contribution >= 4 is 11.7 Å². The number of anilines is 1. The van der Waals surface area contributed by atoms with Gasteiger partial charge in [-0.05, 0) is 26.0 Å². The van der Waals surface area contributed by atoms with Crippen LogP contribution < -0.4 is 10.2 Å². The quantitative estimate of drug-likeness (QED) is 0.820. The third-order valence-corrected chi connectivity index (χ3v) is 3.56. The summed E-state index contributed by atoms with van der Waals surface area (Å²) in [6, 6.07) is 11.5. The minimum absolute atomic E-state index is 0.118. The molecule has 114 valence electrons. The Bertz CT molecular complexity index is 668. The van der Waals surface area contributed by atoms with Crippen molar-refractivity contribution < 1.29 is 9.69 Å². The van der Waals surface area contributed by atoms with Crippen molar-refractivity contribution in [3.63, 3.8) is 0 Å². The molecule has 6 nitrogen and oxygen atoms in total. The molecular formula is C16H20N5O+. The number of rotatable bonds is 6. The summed E-state index contributed by atoms with van der Waals surface area (Å²) in [4.78, 5) is 13.4. The summed E-state index contributed by atoms with van der Waals surface area (Å²) in [5, 5.41) is 16.2. The lowest BCUT2D eigenvalue weighted by molar-refractivity contribution is -0.888. The molecule has 0 spiro atoms. The van der Waals surface area contributed by atoms with Crippen LogP contribution in [0.3, 0.4) is 0 Å². The number of nitriles is 1. The van der Waals surface area contributed by atoms with Crippen LogP contribution in [-0.2, 0) is 4.79 Å². The van der Waals surface area contributed by atoms with E-state index in [1.807, 2.05) is 44.2 Å². The van der Waals surface area contributed by atoms with Gasteiger partial charge in [0.1, 0.15) is 11.6 Å². The van der Waals surface area contributed by atoms with Crippen LogP contribution in [0.15, 0.2) is 36.5 Å². The first-order valence-corrected chi connectivity index (χ1v) is 7.36. The molecule has 2 N–H and O–H groups in total. The maximum absolute atomic E-state index is 12.2. The molecule has 1 amide bonds. The number of hydrogen-bond donors (Lipinski definition) is 2. The number of hydrogen-bond acceptors (Lipinski definition) is 3. The van der Waals surface area contributed by atoms with E-state index >= 15 is 0 Å². The molecule has 0 fully saturated rings. The van der Waals surface area contributed by atoms with Crippen molar-refractivity contribution in [2.75, 3.05) is 25.0 Å². The van der Waals surface area contributed by atoms with Gasteiger partial charge >= 0.3 is 0 Å². The van der Waals surface area contributed by atoms with Gasteiger partial charge in [0, 0.05) is 0 Å². The monoisotopic (exact) mass is 298 g/mol. The second kappa shape index (κ2) is 7.38. The predicted molar refractivity (Wildman–Crippen MR) is 83.8 cm³/mol. The van der Waals surface area contributed by atoms with Gasteiger partial charge in [-0.2, -0.15) is 10.4 Å². The van der Waals surface area contributed by atoms with E-state index in [-0.39, 0.29) is 5.91 Å². The molecule has 2 aromatic rings. The summed E-state index contributed by atoms with van der Waals surface area (Å²) in [5.41, 5.74) is 1.15. The molecule has 1 heterocycles. The standard InChI is InChI=1S/C16H19N5O/c1-3-20(4-2)12-15(22)19-16-13(10-17)11-18-21(16)14-8-6-5-7-9-14/h5-9,11H,3-4,12H2,1-2H3,(H,19,22)/p+1. The Morgan fingerprint density at radius 2 is 2.00 bits per heavy atom. The first-order valence-electron chi connectivity index (χ1n) is 7.36. The smallest absolute Gasteiger partial charge is 0.280 e. The molecule has 0 bridgehead atoms. The highest BCUT2D eigenvalue weighted by atomic mass is 16.2. The van der Waals surface area contributed by atoms with E-state index < -0.39 is 0 Å². The van der Waals surface area contributed by atoms with E-state index in [0.717, 1.165) is 18.8 Å². The highest BCUT2D eigenvalue weighted by molar-refractivity contribution is 5.92. The lowest BCUT2D eigenvalue weighted by Crippen LogP contribution is -3.12. The molecule has 1 aromatic heterocycles. The fourth-order valence-corrected chi connectivity index (χ4v) is 2.22. The highest BCUT2D eigenvalue weighted by Crippen LogP contribution is 2.19. The number of amides is 1. The Morgan fingerprint density at radius 1 is 1.32 bits per heavy atom. The molecule has 1 aromatic carbocycles. The predicted octanol–water partition coefficient (Wildman–Crippen LogP) is 0.607. The topological polar surface area (TPSA) is 75.2 Å². The maximum atomic E-state index is 12.2. The van der Waals surface area contributed by atoms with Crippen molar-refractivity contribution in [2.24, 2.45) is 0 Å². The number of quaternary nitrogens is 1. The van der Waals surface area contributed by atoms with Crippen LogP contribution in [-0.4, -0.2) is 35.3 Å². The van der Waals surface area contributed by atoms with Gasteiger partial charge in [0.15, 0.2) is 12.4 Å². The van der Waals surface area contributed by atoms with Gasteiger partial charge in [-0.15, -0.1) is 0 Å². The highest BCUT2D eigenvalue weighted by Gasteiger charge is 2.17. The number of benzene rings is 1. The molecule has 6 heteroatoms. The average molecular weight is 298 g/mol. The van der Waals surface area contributed by atoms with Crippen LogP contribution in [0.25, 0.3) is 5.69 Å². The van der Waals surface area contributed by atoms with E-state index in [4.69, 9.17) is 0 Å². The lowest BCUT2D eigenvalue weighted by Gasteiger charge is -2.15. The Kier molecular flexibility index (Phi) is 5.28. The second-order valence-corrected chi connectivity index (χ2v) is 4.95. The van der Waals surface area contributed by atoms with Gasteiger partial charge in [0.2, 0.25) is 0 Å². The SMILES string of the molecule is CC[NH+](CC)CC(=O)Nc1c(C#N)cnn1-c1ccccc1. The summed E-state index contributed by atoms with van der Waals surface area (Å²) in [6.07, 6.45) is 1.47. The van der Waals surface area contributed by atoms with Crippen molar-refractivity contribution in [3.8, 4) is 11.8 Å². The summed E-state index contributed by atoms with van der Waals surface area (Å²) < 4.78 is 1.58. The zero-order chi connectivity index (χ0) is 15.9. The molecule has 0 saturated heterocycles. The zero-order valence-corrected chi connectivity index (χ0v) is 12.8. The van der Waals surface area contributed by atoms with Gasteiger partial charge in [0.25, 0.3) is 5.91 Å². The minimum Gasteiger partial charge on any atom is -0.328 e. The number of nitrogens with zero attached hydrogens (tertiary/aromatic N) is 3. The van der Waals surface area contributed by atoms with Gasteiger partial charge in [0.05, 0.1) is 25.0 Å². The molecule has 0 unspecified atom stereocenters. The molecule has 22 heavy (non-hydrogen) atoms. The van der Waals surface area contributed by atoms with E-state index in [1.165, 1.54) is 11.1 Å². The number of aromatic nitrogens is 2. The van der Waals surface area contributed by atoms with Crippen molar-refractivity contribution in [1.82, 2.24) is 9.78 Å². The Hall–Kier alpha value is -2.65. The molecular weight excluding hydrogens is 278 g/mol. The fraction of sp³-hybridized carbons (Fsp3) is 0.312. The number of carbonyl (C=O) groups is 1. The van der Waals surface area contributed by atoms with Crippen LogP contribution in [0.1, 0.15) is 19.4 Å². The van der Waals surface area contributed by atoms with E-state index in [1.54, 1.807) is 4.68 Å². The summed E-state index contributed by atoms with van der Waals surface area (Å²) in [7, 11) is 0. The number of likely N-dealkylation sites (N-methyl/N-ethyl adjacent to an activating group) is 1. The zero-order valence-electron chi connectivity index (χ0n) is 12.8. The number of nitrogens with one attached hydrogen (secondary N) is 2. The third-order valence-electron chi connectivity index (χ3n) is 3.56. The maximum Gasteiger partial charge on any atom is 0.280 e. The lowest BCUT2D eigenvalue weighted by atomic mass is 10.3. The Morgan fingerprint density at radius 3 is 2.59 bits per heavy atom. The van der Waals surface area contributed by atoms with Crippen molar-refractivity contribution in [2.45, 2.75) is 13.8 Å². The van der Waals surface area contributed by atoms with E-state index in [0.29, 0.717) is 17.9 Å². The second-order valence-electron chi connectivity index (χ2n) is 4.95. The summed E-state index contributed by atoms with van der Waals surface area (Å²) in [6.45, 7) is 6.22. The van der Waals surface area contributed by atoms with Crippen LogP contribution in [0.2, 0.25) is 0 Å². The van der Waals surface area contributed by atoms with Gasteiger partial charge in [-0.1, -0.05) is 18.2 Å². The Labute approximate surface area is 130 Å². The van der Waals surface area contributed by atoms with E-state index in [9.17, 15) is 10.1 Å². The largest absolute Gasteiger partial charge is 0.328 e. The van der Waals surface area contributed by atoms with Crippen LogP contribution in [0, 0.1) is 11.3 Å². The summed E-state index contributed by atoms with van der Waals surface area (Å²) in [5.74, 6) is 0.304. The molecule has 0 aliphatic rings. The van der Waals surface area contributed by atoms with Crippen molar-refractivity contribution in [1.29, 1.82) is 5.26 Å². The molecule has 0 saturated carbocycles. The van der Waals surface area contributed by atoms with Gasteiger partial charge in [-0.25, -0.2) is 4.68 Å². The van der Waals surface area contributed by atoms with Crippen LogP contribution >= 0.6 is 0 Å². The first-order chi connectivity index (χ1) is 10.7. The molecule has 0 aliphatic heterocycles. The number of carbonyl (C=O) groups excluding carboxylic acids is 1. The fourth-order valence-electron chi connectivity index (χ4n) is 2.22. The molecule has 0 atom stereocenters.